The number of nitrogens with zero attached hydrogens (tertiary/aromatic N) is 4. The van der Waals surface area contributed by atoms with Gasteiger partial charge in [-0.05, 0) is 313 Å². The molecule has 12 nitrogen and oxygen atoms in total. The van der Waals surface area contributed by atoms with Gasteiger partial charge in [0.1, 0.15) is 46.5 Å². The fourth-order valence-electron chi connectivity index (χ4n) is 14.4. The molecule has 0 saturated carbocycles. The monoisotopic (exact) mass is 1280 g/mol. The summed E-state index contributed by atoms with van der Waals surface area (Å²) in [6, 6.07) is 85.9. The fraction of sp³-hybridized carbons (Fsp3) is 0.141. The highest BCUT2D eigenvalue weighted by Gasteiger charge is 2.53. The Kier molecular flexibility index (Phi) is 16.6. The molecule has 0 heterocycles. The van der Waals surface area contributed by atoms with Crippen molar-refractivity contribution >= 4 is 74.5 Å². The second kappa shape index (κ2) is 25.8. The van der Waals surface area contributed by atoms with Crippen LogP contribution < -0.4 is 52.8 Å². The molecule has 12 heteroatoms. The Morgan fingerprint density at radius 1 is 0.247 bits per heavy atom. The van der Waals surface area contributed by atoms with Crippen molar-refractivity contribution in [3.63, 3.8) is 0 Å². The number of hydrogen-bond donors (Lipinski definition) is 0. The fourth-order valence-corrected chi connectivity index (χ4v) is 14.4. The highest BCUT2D eigenvalue weighted by atomic mass is 16.5. The van der Waals surface area contributed by atoms with Crippen LogP contribution in [-0.4, -0.2) is 56.1 Å². The minimum absolute atomic E-state index is 0.624. The molecular weight excluding hydrogens is 1200 g/mol. The summed E-state index contributed by atoms with van der Waals surface area (Å²) in [5.74, 6) is 5.37. The lowest BCUT2D eigenvalue weighted by Crippen LogP contribution is -2.27. The van der Waals surface area contributed by atoms with Gasteiger partial charge < -0.3 is 52.8 Å². The van der Waals surface area contributed by atoms with Crippen LogP contribution in [0.5, 0.6) is 40.2 Å². The maximum Gasteiger partial charge on any atom is 0.150 e. The third-order valence-corrected chi connectivity index (χ3v) is 19.1. The molecular formula is C85H74N4O8. The van der Waals surface area contributed by atoms with Gasteiger partial charge in [-0.25, -0.2) is 0 Å². The highest BCUT2D eigenvalue weighted by molar-refractivity contribution is 6.00. The summed E-state index contributed by atoms with van der Waals surface area (Å²) in [6.07, 6.45) is 0.918. The Morgan fingerprint density at radius 2 is 0.464 bits per heavy atom. The van der Waals surface area contributed by atoms with Crippen LogP contribution in [0.25, 0.3) is 22.3 Å². The molecule has 0 unspecified atom stereocenters. The van der Waals surface area contributed by atoms with E-state index in [4.69, 9.17) is 33.2 Å². The van der Waals surface area contributed by atoms with Crippen LogP contribution in [0, 0.1) is 27.7 Å². The summed E-state index contributed by atoms with van der Waals surface area (Å²) in [7, 11) is 11.9. The molecule has 97 heavy (non-hydrogen) atoms. The van der Waals surface area contributed by atoms with E-state index >= 15 is 0 Å². The van der Waals surface area contributed by atoms with Gasteiger partial charge in [0.25, 0.3) is 0 Å². The van der Waals surface area contributed by atoms with Crippen molar-refractivity contribution < 1.29 is 38.0 Å². The molecule has 482 valence electrons. The number of fused-ring (bicyclic) bond motifs is 10. The van der Waals surface area contributed by atoms with Gasteiger partial charge >= 0.3 is 0 Å². The van der Waals surface area contributed by atoms with Crippen LogP contribution in [0.3, 0.4) is 0 Å². The van der Waals surface area contributed by atoms with E-state index in [9.17, 15) is 4.79 Å². The van der Waals surface area contributed by atoms with Gasteiger partial charge in [-0.2, -0.15) is 0 Å². The van der Waals surface area contributed by atoms with Gasteiger partial charge in [0.05, 0.1) is 55.2 Å². The molecule has 0 saturated heterocycles. The summed E-state index contributed by atoms with van der Waals surface area (Å²) >= 11 is 0. The van der Waals surface area contributed by atoms with E-state index in [0.29, 0.717) is 5.56 Å². The Bertz CT molecular complexity index is 4650. The van der Waals surface area contributed by atoms with E-state index in [0.717, 1.165) is 182 Å². The van der Waals surface area contributed by atoms with E-state index in [1.54, 1.807) is 49.8 Å². The zero-order valence-electron chi connectivity index (χ0n) is 56.2. The molecule has 0 atom stereocenters. The third-order valence-electron chi connectivity index (χ3n) is 19.1. The van der Waals surface area contributed by atoms with Gasteiger partial charge in [-0.15, -0.1) is 0 Å². The minimum Gasteiger partial charge on any atom is -0.497 e. The van der Waals surface area contributed by atoms with Crippen LogP contribution in [0.4, 0.5) is 68.2 Å². The average molecular weight is 1280 g/mol. The summed E-state index contributed by atoms with van der Waals surface area (Å²) < 4.78 is 40.8. The predicted octanol–water partition coefficient (Wildman–Crippen LogP) is 21.0. The molecule has 14 rings (SSSR count). The number of aryl methyl sites for hydroxylation is 4. The average Bonchev–Trinajstić information content (AvgIpc) is 1.50. The van der Waals surface area contributed by atoms with Crippen molar-refractivity contribution in [3.05, 3.63) is 293 Å². The van der Waals surface area contributed by atoms with Crippen molar-refractivity contribution in [2.24, 2.45) is 0 Å². The Labute approximate surface area is 567 Å². The molecule has 0 aliphatic heterocycles. The van der Waals surface area contributed by atoms with Crippen LogP contribution in [-0.2, 0) is 5.41 Å². The number of ether oxygens (including phenoxy) is 7. The predicted molar refractivity (Wildman–Crippen MR) is 392 cm³/mol. The Hall–Kier alpha value is -11.9. The lowest BCUT2D eigenvalue weighted by molar-refractivity contribution is 0.112. The van der Waals surface area contributed by atoms with E-state index in [-0.39, 0.29) is 0 Å². The van der Waals surface area contributed by atoms with Crippen molar-refractivity contribution in [2.75, 3.05) is 69.4 Å². The quantitative estimate of drug-likeness (QED) is 0.0680. The van der Waals surface area contributed by atoms with Crippen LogP contribution in [0.15, 0.2) is 243 Å². The SMILES string of the molecule is COc1ccc(N(c2ccc(C=O)c(C)c2)c2ccc3c(c2)C2(c4cc(N(c5ccc(OC)cc5)c5ccc(OC)c(C)c5)ccc4-3)c3cc(N(c4ccc(OC)cc4)c4ccc(OC)c(C)c4)ccc3-c3ccc(N(c4ccc(OC)cc4)c4ccc(OC)c(C)c4)cc32)cc1. The molecule has 0 amide bonds. The van der Waals surface area contributed by atoms with E-state index in [1.807, 2.05) is 85.8 Å². The van der Waals surface area contributed by atoms with Crippen LogP contribution in [0.1, 0.15) is 54.9 Å². The van der Waals surface area contributed by atoms with Crippen LogP contribution in [0.2, 0.25) is 0 Å². The number of carbonyl (C=O) groups excluding carboxylic acids is 1. The zero-order valence-corrected chi connectivity index (χ0v) is 56.2. The highest BCUT2D eigenvalue weighted by Crippen LogP contribution is 2.66. The Morgan fingerprint density at radius 3 is 0.680 bits per heavy atom. The van der Waals surface area contributed by atoms with Gasteiger partial charge in [0.15, 0.2) is 0 Å². The number of methoxy groups -OCH3 is 7. The number of aldehydes is 1. The minimum atomic E-state index is -1.06. The second-order valence-electron chi connectivity index (χ2n) is 24.4. The largest absolute Gasteiger partial charge is 0.497 e. The van der Waals surface area contributed by atoms with Gasteiger partial charge in [-0.1, -0.05) is 24.3 Å². The summed E-state index contributed by atoms with van der Waals surface area (Å²) in [5, 5.41) is 0. The van der Waals surface area contributed by atoms with Gasteiger partial charge in [0, 0.05) is 73.8 Å². The molecule has 2 aliphatic rings. The standard InChI is InChI=1S/C85H74N4O8/c1-53-44-62(13-12-57(53)52-90)86(58-14-29-70(91-5)30-15-58)66-22-37-74-75-38-23-67(87(59-16-31-71(92-6)32-17-59)63-26-41-82(95-9)54(2)45-63)49-79(75)85(78(74)48-66)80-50-68(88(60-18-33-72(93-7)34-19-60)64-27-42-83(96-10)55(3)46-64)24-39-76(80)77-40-25-69(51-81(77)85)89(61-20-35-73(94-8)36-21-61)65-28-43-84(97-11)56(4)47-65/h12-52H,1-11H3. The maximum absolute atomic E-state index is 12.5. The molecule has 0 aromatic heterocycles. The Balaban J connectivity index is 1.11. The topological polar surface area (TPSA) is 94.6 Å². The number of carbonyl (C=O) groups is 1. The number of rotatable bonds is 20. The van der Waals surface area contributed by atoms with Crippen LogP contribution >= 0.6 is 0 Å². The molecule has 2 aliphatic carbocycles. The maximum atomic E-state index is 12.5. The molecule has 0 N–H and O–H groups in total. The molecule has 1 spiro atoms. The zero-order chi connectivity index (χ0) is 67.2. The lowest BCUT2D eigenvalue weighted by atomic mass is 9.70. The molecule has 0 bridgehead atoms. The first-order chi connectivity index (χ1) is 47.3. The summed E-state index contributed by atoms with van der Waals surface area (Å²) in [5.41, 5.74) is 23.3. The second-order valence-corrected chi connectivity index (χ2v) is 24.4. The van der Waals surface area contributed by atoms with Crippen molar-refractivity contribution in [1.82, 2.24) is 0 Å². The van der Waals surface area contributed by atoms with Crippen molar-refractivity contribution in [2.45, 2.75) is 33.1 Å². The first-order valence-electron chi connectivity index (χ1n) is 32.2. The number of benzene rings is 12. The van der Waals surface area contributed by atoms with E-state index in [2.05, 4.69) is 204 Å². The third kappa shape index (κ3) is 10.9. The molecule has 12 aromatic carbocycles. The van der Waals surface area contributed by atoms with E-state index in [1.165, 1.54) is 0 Å². The molecule has 0 radical (unpaired) electrons. The van der Waals surface area contributed by atoms with Crippen molar-refractivity contribution in [3.8, 4) is 62.5 Å². The number of hydrogen-bond acceptors (Lipinski definition) is 12. The normalized spacial score (nSPS) is 12.0. The molecule has 0 fully saturated rings. The lowest BCUT2D eigenvalue weighted by Gasteiger charge is -2.35. The molecule has 12 aromatic rings. The van der Waals surface area contributed by atoms with E-state index < -0.39 is 5.41 Å². The van der Waals surface area contributed by atoms with Crippen molar-refractivity contribution in [1.29, 1.82) is 0 Å². The van der Waals surface area contributed by atoms with Gasteiger partial charge in [-0.3, -0.25) is 4.79 Å². The summed E-state index contributed by atoms with van der Waals surface area (Å²) in [4.78, 5) is 21.8. The van der Waals surface area contributed by atoms with Gasteiger partial charge in [0.2, 0.25) is 0 Å². The smallest absolute Gasteiger partial charge is 0.150 e. The number of anilines is 12. The first-order valence-corrected chi connectivity index (χ1v) is 32.2. The summed E-state index contributed by atoms with van der Waals surface area (Å²) in [6.45, 7) is 8.24. The first kappa shape index (κ1) is 62.6.